The summed E-state index contributed by atoms with van der Waals surface area (Å²) in [7, 11) is 1.65. The van der Waals surface area contributed by atoms with Crippen molar-refractivity contribution in [2.45, 2.75) is 6.04 Å². The number of halogens is 1. The Morgan fingerprint density at radius 3 is 2.85 bits per heavy atom. The van der Waals surface area contributed by atoms with E-state index in [0.717, 1.165) is 14.9 Å². The molecule has 0 saturated carbocycles. The molecule has 70 valence electrons. The summed E-state index contributed by atoms with van der Waals surface area (Å²) in [5.74, 6) is 0.857. The molecule has 1 aromatic rings. The number of methoxy groups -OCH3 is 1. The Kier molecular flexibility index (Phi) is 3.74. The van der Waals surface area contributed by atoms with E-state index >= 15 is 0 Å². The number of rotatable bonds is 3. The molecule has 2 N–H and O–H groups in total. The Morgan fingerprint density at radius 2 is 2.31 bits per heavy atom. The zero-order valence-corrected chi connectivity index (χ0v) is 9.61. The lowest BCUT2D eigenvalue weighted by Gasteiger charge is -2.09. The molecule has 0 aromatic heterocycles. The molecule has 0 spiro atoms. The van der Waals surface area contributed by atoms with Crippen LogP contribution in [0.15, 0.2) is 30.9 Å². The van der Waals surface area contributed by atoms with Gasteiger partial charge in [0, 0.05) is 6.04 Å². The summed E-state index contributed by atoms with van der Waals surface area (Å²) in [5, 5.41) is 0. The van der Waals surface area contributed by atoms with Gasteiger partial charge in [-0.2, -0.15) is 0 Å². The smallest absolute Gasteiger partial charge is 0.132 e. The standard InChI is InChI=1S/C10H12INO/c1-3-9(12)7-4-5-8(11)10(6-7)13-2/h3-6,9H,1,12H2,2H3/t9-/m1/s1. The minimum atomic E-state index is -0.120. The van der Waals surface area contributed by atoms with E-state index < -0.39 is 0 Å². The lowest BCUT2D eigenvalue weighted by molar-refractivity contribution is 0.411. The number of nitrogens with two attached hydrogens (primary N) is 1. The van der Waals surface area contributed by atoms with Crippen LogP contribution in [0.25, 0.3) is 0 Å². The van der Waals surface area contributed by atoms with Crippen LogP contribution in [-0.2, 0) is 0 Å². The Balaban J connectivity index is 3.05. The largest absolute Gasteiger partial charge is 0.496 e. The molecule has 0 fully saturated rings. The molecular weight excluding hydrogens is 277 g/mol. The average Bonchev–Trinajstić information content (AvgIpc) is 2.17. The van der Waals surface area contributed by atoms with Crippen LogP contribution < -0.4 is 10.5 Å². The van der Waals surface area contributed by atoms with Gasteiger partial charge in [-0.15, -0.1) is 6.58 Å². The molecule has 0 amide bonds. The van der Waals surface area contributed by atoms with E-state index in [4.69, 9.17) is 10.5 Å². The molecule has 1 aromatic carbocycles. The Morgan fingerprint density at radius 1 is 1.62 bits per heavy atom. The van der Waals surface area contributed by atoms with Gasteiger partial charge in [0.2, 0.25) is 0 Å². The van der Waals surface area contributed by atoms with Gasteiger partial charge in [-0.1, -0.05) is 12.1 Å². The lowest BCUT2D eigenvalue weighted by Crippen LogP contribution is -2.06. The molecule has 0 aliphatic rings. The molecule has 3 heteroatoms. The van der Waals surface area contributed by atoms with Gasteiger partial charge in [0.05, 0.1) is 10.7 Å². The zero-order chi connectivity index (χ0) is 9.84. The van der Waals surface area contributed by atoms with Crippen LogP contribution in [0.4, 0.5) is 0 Å². The van der Waals surface area contributed by atoms with Crippen molar-refractivity contribution in [2.24, 2.45) is 5.73 Å². The molecule has 0 heterocycles. The van der Waals surface area contributed by atoms with Crippen molar-refractivity contribution in [3.8, 4) is 5.75 Å². The van der Waals surface area contributed by atoms with E-state index in [9.17, 15) is 0 Å². The van der Waals surface area contributed by atoms with Crippen LogP contribution in [0.2, 0.25) is 0 Å². The van der Waals surface area contributed by atoms with Crippen LogP contribution in [0.5, 0.6) is 5.75 Å². The van der Waals surface area contributed by atoms with Crippen LogP contribution in [0.1, 0.15) is 11.6 Å². The van der Waals surface area contributed by atoms with Gasteiger partial charge in [-0.25, -0.2) is 0 Å². The third-order valence-electron chi connectivity index (χ3n) is 1.81. The first-order chi connectivity index (χ1) is 6.19. The molecule has 0 aliphatic heterocycles. The Labute approximate surface area is 91.9 Å². The first-order valence-corrected chi connectivity index (χ1v) is 4.98. The van der Waals surface area contributed by atoms with Crippen LogP contribution in [-0.4, -0.2) is 7.11 Å². The summed E-state index contributed by atoms with van der Waals surface area (Å²) in [6.45, 7) is 3.65. The van der Waals surface area contributed by atoms with Crippen molar-refractivity contribution < 1.29 is 4.74 Å². The first-order valence-electron chi connectivity index (χ1n) is 3.90. The number of ether oxygens (including phenoxy) is 1. The van der Waals surface area contributed by atoms with E-state index in [1.165, 1.54) is 0 Å². The second-order valence-corrected chi connectivity index (χ2v) is 3.82. The molecule has 0 unspecified atom stereocenters. The highest BCUT2D eigenvalue weighted by Crippen LogP contribution is 2.24. The fourth-order valence-corrected chi connectivity index (χ4v) is 1.58. The number of hydrogen-bond donors (Lipinski definition) is 1. The lowest BCUT2D eigenvalue weighted by atomic mass is 10.1. The predicted molar refractivity (Wildman–Crippen MR) is 62.8 cm³/mol. The maximum absolute atomic E-state index is 5.79. The predicted octanol–water partition coefficient (Wildman–Crippen LogP) is 2.49. The molecular formula is C10H12INO. The normalized spacial score (nSPS) is 12.2. The van der Waals surface area contributed by atoms with Crippen molar-refractivity contribution in [1.29, 1.82) is 0 Å². The van der Waals surface area contributed by atoms with E-state index in [0.29, 0.717) is 0 Å². The summed E-state index contributed by atoms with van der Waals surface area (Å²) >= 11 is 2.22. The van der Waals surface area contributed by atoms with Crippen molar-refractivity contribution in [3.05, 3.63) is 40.0 Å². The van der Waals surface area contributed by atoms with Crippen molar-refractivity contribution in [1.82, 2.24) is 0 Å². The van der Waals surface area contributed by atoms with E-state index in [1.807, 2.05) is 18.2 Å². The van der Waals surface area contributed by atoms with E-state index in [2.05, 4.69) is 29.2 Å². The number of hydrogen-bond acceptors (Lipinski definition) is 2. The molecule has 0 bridgehead atoms. The molecule has 2 nitrogen and oxygen atoms in total. The van der Waals surface area contributed by atoms with Gasteiger partial charge < -0.3 is 10.5 Å². The van der Waals surface area contributed by atoms with Gasteiger partial charge in [0.15, 0.2) is 0 Å². The van der Waals surface area contributed by atoms with Crippen LogP contribution in [0, 0.1) is 3.57 Å². The summed E-state index contributed by atoms with van der Waals surface area (Å²) < 4.78 is 6.27. The molecule has 13 heavy (non-hydrogen) atoms. The first kappa shape index (κ1) is 10.5. The summed E-state index contributed by atoms with van der Waals surface area (Å²) in [5.41, 5.74) is 6.81. The quantitative estimate of drug-likeness (QED) is 0.685. The zero-order valence-electron chi connectivity index (χ0n) is 7.46. The van der Waals surface area contributed by atoms with Crippen LogP contribution in [0.3, 0.4) is 0 Å². The van der Waals surface area contributed by atoms with Gasteiger partial charge >= 0.3 is 0 Å². The van der Waals surface area contributed by atoms with Crippen molar-refractivity contribution >= 4 is 22.6 Å². The Bertz CT molecular complexity index is 312. The summed E-state index contributed by atoms with van der Waals surface area (Å²) in [6.07, 6.45) is 1.71. The maximum Gasteiger partial charge on any atom is 0.132 e. The second-order valence-electron chi connectivity index (χ2n) is 2.66. The Hall–Kier alpha value is -0.550. The highest BCUT2D eigenvalue weighted by Gasteiger charge is 2.05. The average molecular weight is 289 g/mol. The van der Waals surface area contributed by atoms with Crippen molar-refractivity contribution in [2.75, 3.05) is 7.11 Å². The fourth-order valence-electron chi connectivity index (χ4n) is 1.02. The monoisotopic (exact) mass is 289 g/mol. The maximum atomic E-state index is 5.79. The topological polar surface area (TPSA) is 35.2 Å². The molecule has 1 rings (SSSR count). The minimum Gasteiger partial charge on any atom is -0.496 e. The highest BCUT2D eigenvalue weighted by atomic mass is 127. The SMILES string of the molecule is C=C[C@@H](N)c1ccc(I)c(OC)c1. The third kappa shape index (κ3) is 2.45. The van der Waals surface area contributed by atoms with Crippen molar-refractivity contribution in [3.63, 3.8) is 0 Å². The molecule has 0 radical (unpaired) electrons. The molecule has 0 aliphatic carbocycles. The highest BCUT2D eigenvalue weighted by molar-refractivity contribution is 14.1. The van der Waals surface area contributed by atoms with Gasteiger partial charge in [-0.05, 0) is 40.3 Å². The number of benzene rings is 1. The molecule has 0 saturated heterocycles. The van der Waals surface area contributed by atoms with Gasteiger partial charge in [-0.3, -0.25) is 0 Å². The molecule has 1 atom stereocenters. The summed E-state index contributed by atoms with van der Waals surface area (Å²) in [6, 6.07) is 5.79. The van der Waals surface area contributed by atoms with E-state index in [1.54, 1.807) is 13.2 Å². The third-order valence-corrected chi connectivity index (χ3v) is 2.71. The van der Waals surface area contributed by atoms with E-state index in [-0.39, 0.29) is 6.04 Å². The van der Waals surface area contributed by atoms with Gasteiger partial charge in [0.25, 0.3) is 0 Å². The second kappa shape index (κ2) is 4.62. The minimum absolute atomic E-state index is 0.120. The fraction of sp³-hybridized carbons (Fsp3) is 0.200. The summed E-state index contributed by atoms with van der Waals surface area (Å²) in [4.78, 5) is 0. The van der Waals surface area contributed by atoms with Gasteiger partial charge in [0.1, 0.15) is 5.75 Å². The van der Waals surface area contributed by atoms with Crippen LogP contribution >= 0.6 is 22.6 Å².